The molecule has 0 aliphatic carbocycles. The summed E-state index contributed by atoms with van der Waals surface area (Å²) in [6.07, 6.45) is 9.92. The Labute approximate surface area is 185 Å². The van der Waals surface area contributed by atoms with Gasteiger partial charge in [-0.05, 0) is 56.7 Å². The van der Waals surface area contributed by atoms with Gasteiger partial charge in [0.05, 0.1) is 0 Å². The predicted molar refractivity (Wildman–Crippen MR) is 128 cm³/mol. The molecule has 0 saturated carbocycles. The van der Waals surface area contributed by atoms with Gasteiger partial charge in [0, 0.05) is 22.6 Å². The van der Waals surface area contributed by atoms with Crippen LogP contribution in [0, 0.1) is 0 Å². The Balaban J connectivity index is 1.76. The smallest absolute Gasteiger partial charge is 0.340 e. The lowest BCUT2D eigenvalue weighted by atomic mass is 9.90. The Hall–Kier alpha value is -2.55. The van der Waals surface area contributed by atoms with Crippen LogP contribution < -0.4 is 10.4 Å². The standard InChI is InChI=1S/C28H34O3/c1-4-5-6-7-8-12-15-22-26(20-13-10-9-11-14-20)23-18-21-16-17-28(2,3)31-24(21)19-25(23)30-27(22)29/h9-11,13-14,18-19H,4-8,12,15-17H2,1-3H3. The molecular weight excluding hydrogens is 384 g/mol. The summed E-state index contributed by atoms with van der Waals surface area (Å²) in [5, 5.41) is 1.02. The second-order valence-corrected chi connectivity index (χ2v) is 9.44. The minimum Gasteiger partial charge on any atom is -0.487 e. The van der Waals surface area contributed by atoms with E-state index in [4.69, 9.17) is 9.15 Å². The average Bonchev–Trinajstić information content (AvgIpc) is 2.75. The highest BCUT2D eigenvalue weighted by Crippen LogP contribution is 2.39. The molecule has 0 fully saturated rings. The molecule has 1 aliphatic rings. The fourth-order valence-corrected chi connectivity index (χ4v) is 4.63. The van der Waals surface area contributed by atoms with Crippen LogP contribution in [0.5, 0.6) is 5.75 Å². The lowest BCUT2D eigenvalue weighted by Crippen LogP contribution is -2.32. The molecule has 0 amide bonds. The highest BCUT2D eigenvalue weighted by atomic mass is 16.5. The quantitative estimate of drug-likeness (QED) is 0.281. The molecule has 2 heterocycles. The number of benzene rings is 2. The van der Waals surface area contributed by atoms with E-state index in [1.807, 2.05) is 24.3 Å². The molecule has 0 bridgehead atoms. The van der Waals surface area contributed by atoms with E-state index in [2.05, 4.69) is 39.0 Å². The molecule has 31 heavy (non-hydrogen) atoms. The summed E-state index contributed by atoms with van der Waals surface area (Å²) in [4.78, 5) is 13.1. The van der Waals surface area contributed by atoms with Crippen molar-refractivity contribution >= 4 is 11.0 Å². The highest BCUT2D eigenvalue weighted by Gasteiger charge is 2.28. The Morgan fingerprint density at radius 1 is 0.968 bits per heavy atom. The van der Waals surface area contributed by atoms with E-state index in [0.717, 1.165) is 59.9 Å². The van der Waals surface area contributed by atoms with Gasteiger partial charge >= 0.3 is 5.63 Å². The van der Waals surface area contributed by atoms with Crippen molar-refractivity contribution in [2.75, 3.05) is 0 Å². The van der Waals surface area contributed by atoms with Gasteiger partial charge in [-0.2, -0.15) is 0 Å². The summed E-state index contributed by atoms with van der Waals surface area (Å²) in [6, 6.07) is 14.4. The summed E-state index contributed by atoms with van der Waals surface area (Å²) in [5.74, 6) is 0.842. The van der Waals surface area contributed by atoms with Crippen molar-refractivity contribution in [1.29, 1.82) is 0 Å². The second kappa shape index (κ2) is 9.30. The van der Waals surface area contributed by atoms with Gasteiger partial charge in [-0.3, -0.25) is 0 Å². The van der Waals surface area contributed by atoms with E-state index in [0.29, 0.717) is 5.58 Å². The molecule has 3 heteroatoms. The van der Waals surface area contributed by atoms with Crippen LogP contribution in [0.4, 0.5) is 0 Å². The molecule has 1 aromatic heterocycles. The van der Waals surface area contributed by atoms with Crippen molar-refractivity contribution < 1.29 is 9.15 Å². The minimum atomic E-state index is -0.213. The molecule has 3 nitrogen and oxygen atoms in total. The third-order valence-corrected chi connectivity index (χ3v) is 6.41. The van der Waals surface area contributed by atoms with E-state index >= 15 is 0 Å². The van der Waals surface area contributed by atoms with Crippen LogP contribution in [-0.2, 0) is 12.8 Å². The summed E-state index contributed by atoms with van der Waals surface area (Å²) in [5.41, 5.74) is 4.34. The van der Waals surface area contributed by atoms with Gasteiger partial charge in [0.1, 0.15) is 16.9 Å². The first-order valence-corrected chi connectivity index (χ1v) is 11.9. The van der Waals surface area contributed by atoms with Gasteiger partial charge in [-0.15, -0.1) is 0 Å². The van der Waals surface area contributed by atoms with Crippen molar-refractivity contribution in [1.82, 2.24) is 0 Å². The van der Waals surface area contributed by atoms with Crippen molar-refractivity contribution in [2.24, 2.45) is 0 Å². The van der Waals surface area contributed by atoms with E-state index in [1.165, 1.54) is 31.2 Å². The summed E-state index contributed by atoms with van der Waals surface area (Å²) >= 11 is 0. The molecule has 4 rings (SSSR count). The summed E-state index contributed by atoms with van der Waals surface area (Å²) < 4.78 is 12.0. The van der Waals surface area contributed by atoms with Crippen LogP contribution in [0.15, 0.2) is 51.7 Å². The average molecular weight is 419 g/mol. The fraction of sp³-hybridized carbons (Fsp3) is 0.464. The van der Waals surface area contributed by atoms with Crippen molar-refractivity contribution in [3.63, 3.8) is 0 Å². The van der Waals surface area contributed by atoms with E-state index in [1.54, 1.807) is 0 Å². The number of hydrogen-bond donors (Lipinski definition) is 0. The van der Waals surface area contributed by atoms with Crippen LogP contribution >= 0.6 is 0 Å². The molecule has 0 unspecified atom stereocenters. The van der Waals surface area contributed by atoms with Crippen LogP contribution in [0.1, 0.15) is 76.8 Å². The van der Waals surface area contributed by atoms with Gasteiger partial charge < -0.3 is 9.15 Å². The molecule has 0 spiro atoms. The zero-order valence-electron chi connectivity index (χ0n) is 19.1. The zero-order valence-corrected chi connectivity index (χ0v) is 19.1. The van der Waals surface area contributed by atoms with Crippen LogP contribution in [0.2, 0.25) is 0 Å². The number of aryl methyl sites for hydroxylation is 1. The van der Waals surface area contributed by atoms with E-state index in [9.17, 15) is 4.79 Å². The highest BCUT2D eigenvalue weighted by molar-refractivity contribution is 5.96. The monoisotopic (exact) mass is 418 g/mol. The maximum atomic E-state index is 13.1. The number of hydrogen-bond acceptors (Lipinski definition) is 3. The second-order valence-electron chi connectivity index (χ2n) is 9.44. The summed E-state index contributed by atoms with van der Waals surface area (Å²) in [7, 11) is 0. The normalized spacial score (nSPS) is 14.9. The molecule has 3 aromatic rings. The lowest BCUT2D eigenvalue weighted by molar-refractivity contribution is 0.0848. The molecule has 0 radical (unpaired) electrons. The Morgan fingerprint density at radius 3 is 2.48 bits per heavy atom. The maximum absolute atomic E-state index is 13.1. The Bertz CT molecular complexity index is 1090. The van der Waals surface area contributed by atoms with Crippen LogP contribution in [0.3, 0.4) is 0 Å². The maximum Gasteiger partial charge on any atom is 0.340 e. The fourth-order valence-electron chi connectivity index (χ4n) is 4.63. The van der Waals surface area contributed by atoms with Gasteiger partial charge in [-0.1, -0.05) is 69.4 Å². The largest absolute Gasteiger partial charge is 0.487 e. The van der Waals surface area contributed by atoms with Crippen molar-refractivity contribution in [2.45, 2.75) is 84.2 Å². The van der Waals surface area contributed by atoms with Crippen LogP contribution in [-0.4, -0.2) is 5.60 Å². The molecule has 2 aromatic carbocycles. The van der Waals surface area contributed by atoms with Crippen molar-refractivity contribution in [3.05, 3.63) is 64.0 Å². The van der Waals surface area contributed by atoms with Gasteiger partial charge in [-0.25, -0.2) is 4.79 Å². The third-order valence-electron chi connectivity index (χ3n) is 6.41. The molecule has 1 aliphatic heterocycles. The molecular formula is C28H34O3. The SMILES string of the molecule is CCCCCCCCc1c(-c2ccccc2)c2cc3c(cc2oc1=O)OC(C)(C)CC3. The molecule has 0 N–H and O–H groups in total. The summed E-state index contributed by atoms with van der Waals surface area (Å²) in [6.45, 7) is 6.45. The molecule has 0 atom stereocenters. The topological polar surface area (TPSA) is 39.4 Å². The van der Waals surface area contributed by atoms with Crippen molar-refractivity contribution in [3.8, 4) is 16.9 Å². The first-order valence-electron chi connectivity index (χ1n) is 11.9. The van der Waals surface area contributed by atoms with E-state index < -0.39 is 0 Å². The number of ether oxygens (including phenoxy) is 1. The first kappa shape index (κ1) is 21.7. The Morgan fingerprint density at radius 2 is 1.71 bits per heavy atom. The number of unbranched alkanes of at least 4 members (excludes halogenated alkanes) is 5. The number of fused-ring (bicyclic) bond motifs is 2. The lowest BCUT2D eigenvalue weighted by Gasteiger charge is -2.32. The Kier molecular flexibility index (Phi) is 6.50. The zero-order chi connectivity index (χ0) is 21.8. The molecule has 164 valence electrons. The van der Waals surface area contributed by atoms with Crippen LogP contribution in [0.25, 0.3) is 22.1 Å². The van der Waals surface area contributed by atoms with Gasteiger partial charge in [0.15, 0.2) is 0 Å². The predicted octanol–water partition coefficient (Wildman–Crippen LogP) is 7.47. The van der Waals surface area contributed by atoms with E-state index in [-0.39, 0.29) is 11.2 Å². The van der Waals surface area contributed by atoms with Gasteiger partial charge in [0.25, 0.3) is 0 Å². The minimum absolute atomic E-state index is 0.194. The number of rotatable bonds is 8. The third kappa shape index (κ3) is 4.87. The first-order chi connectivity index (χ1) is 15.0. The van der Waals surface area contributed by atoms with Gasteiger partial charge in [0.2, 0.25) is 0 Å². The molecule has 0 saturated heterocycles.